The van der Waals surface area contributed by atoms with E-state index in [-0.39, 0.29) is 10.6 Å². The Morgan fingerprint density at radius 1 is 1.38 bits per heavy atom. The Bertz CT molecular complexity index is 473. The van der Waals surface area contributed by atoms with E-state index in [4.69, 9.17) is 4.74 Å². The van der Waals surface area contributed by atoms with Gasteiger partial charge in [-0.3, -0.25) is 10.1 Å². The molecular weight excluding hydrogens is 270 g/mol. The molecular formula is C15H23N3O3. The molecule has 0 amide bonds. The number of nitro groups is 1. The number of benzene rings is 1. The highest BCUT2D eigenvalue weighted by atomic mass is 16.6. The van der Waals surface area contributed by atoms with E-state index in [1.807, 2.05) is 13.0 Å². The van der Waals surface area contributed by atoms with Crippen LogP contribution in [0.1, 0.15) is 18.9 Å². The van der Waals surface area contributed by atoms with Crippen molar-refractivity contribution in [2.75, 3.05) is 39.3 Å². The van der Waals surface area contributed by atoms with E-state index in [9.17, 15) is 10.1 Å². The fourth-order valence-electron chi connectivity index (χ4n) is 2.58. The minimum absolute atomic E-state index is 0.0662. The van der Waals surface area contributed by atoms with Crippen molar-refractivity contribution >= 4 is 5.69 Å². The Hall–Kier alpha value is -1.66. The largest absolute Gasteiger partial charge is 0.487 e. The van der Waals surface area contributed by atoms with Gasteiger partial charge in [-0.05, 0) is 37.9 Å². The van der Waals surface area contributed by atoms with E-state index in [0.717, 1.165) is 51.1 Å². The van der Waals surface area contributed by atoms with Gasteiger partial charge in [-0.25, -0.2) is 0 Å². The summed E-state index contributed by atoms with van der Waals surface area (Å²) in [6, 6.07) is 5.28. The van der Waals surface area contributed by atoms with Gasteiger partial charge in [0.05, 0.1) is 11.5 Å². The minimum Gasteiger partial charge on any atom is -0.487 e. The zero-order valence-corrected chi connectivity index (χ0v) is 12.5. The molecule has 1 aromatic rings. The number of hydrogen-bond donors (Lipinski definition) is 1. The van der Waals surface area contributed by atoms with Crippen LogP contribution >= 0.6 is 0 Å². The van der Waals surface area contributed by atoms with Crippen molar-refractivity contribution in [3.8, 4) is 5.75 Å². The van der Waals surface area contributed by atoms with Gasteiger partial charge in [-0.2, -0.15) is 0 Å². The molecule has 0 radical (unpaired) electrons. The Labute approximate surface area is 125 Å². The highest BCUT2D eigenvalue weighted by molar-refractivity contribution is 5.48. The Morgan fingerprint density at radius 3 is 2.81 bits per heavy atom. The van der Waals surface area contributed by atoms with E-state index in [1.54, 1.807) is 12.1 Å². The molecule has 1 heterocycles. The second-order valence-electron chi connectivity index (χ2n) is 5.19. The van der Waals surface area contributed by atoms with E-state index >= 15 is 0 Å². The lowest BCUT2D eigenvalue weighted by Crippen LogP contribution is -2.43. The van der Waals surface area contributed by atoms with Crippen molar-refractivity contribution in [3.05, 3.63) is 33.9 Å². The number of rotatable bonds is 7. The number of hydrogen-bond acceptors (Lipinski definition) is 5. The number of ether oxygens (including phenoxy) is 1. The summed E-state index contributed by atoms with van der Waals surface area (Å²) in [5.74, 6) is 0.355. The van der Waals surface area contributed by atoms with Crippen molar-refractivity contribution in [2.45, 2.75) is 19.8 Å². The summed E-state index contributed by atoms with van der Waals surface area (Å²) in [5.41, 5.74) is 1.07. The fourth-order valence-corrected chi connectivity index (χ4v) is 2.58. The predicted molar refractivity (Wildman–Crippen MR) is 81.9 cm³/mol. The molecule has 0 atom stereocenters. The molecule has 1 aromatic carbocycles. The van der Waals surface area contributed by atoms with Crippen molar-refractivity contribution < 1.29 is 9.66 Å². The second kappa shape index (κ2) is 7.95. The van der Waals surface area contributed by atoms with Crippen LogP contribution in [0.25, 0.3) is 0 Å². The third-order valence-electron chi connectivity index (χ3n) is 3.67. The van der Waals surface area contributed by atoms with E-state index in [1.165, 1.54) is 0 Å². The molecule has 2 rings (SSSR count). The molecule has 6 heteroatoms. The maximum atomic E-state index is 11.1. The summed E-state index contributed by atoms with van der Waals surface area (Å²) in [6.45, 7) is 7.58. The average Bonchev–Trinajstić information content (AvgIpc) is 2.50. The topological polar surface area (TPSA) is 67.6 Å². The quantitative estimate of drug-likeness (QED) is 0.613. The van der Waals surface area contributed by atoms with Crippen LogP contribution in [0.15, 0.2) is 18.2 Å². The van der Waals surface area contributed by atoms with Gasteiger partial charge in [-0.1, -0.05) is 6.07 Å². The van der Waals surface area contributed by atoms with E-state index < -0.39 is 0 Å². The first-order valence-electron chi connectivity index (χ1n) is 7.54. The lowest BCUT2D eigenvalue weighted by atomic mass is 10.1. The summed E-state index contributed by atoms with van der Waals surface area (Å²) in [7, 11) is 0. The van der Waals surface area contributed by atoms with E-state index in [0.29, 0.717) is 12.4 Å². The predicted octanol–water partition coefficient (Wildman–Crippen LogP) is 1.83. The number of nitrogens with one attached hydrogen (secondary N) is 1. The Kier molecular flexibility index (Phi) is 5.95. The van der Waals surface area contributed by atoms with Crippen molar-refractivity contribution in [1.29, 1.82) is 0 Å². The Balaban J connectivity index is 1.90. The molecule has 0 bridgehead atoms. The van der Waals surface area contributed by atoms with Crippen LogP contribution in [0.2, 0.25) is 0 Å². The lowest BCUT2D eigenvalue weighted by Gasteiger charge is -2.27. The van der Waals surface area contributed by atoms with Crippen LogP contribution in [0.5, 0.6) is 5.75 Å². The SMILES string of the molecule is CCOc1ccc(CCCN2CCNCC2)cc1[N+](=O)[O-]. The summed E-state index contributed by atoms with van der Waals surface area (Å²) < 4.78 is 5.30. The van der Waals surface area contributed by atoms with E-state index in [2.05, 4.69) is 10.2 Å². The molecule has 0 aliphatic carbocycles. The van der Waals surface area contributed by atoms with Gasteiger partial charge in [0.2, 0.25) is 0 Å². The van der Waals surface area contributed by atoms with Gasteiger partial charge in [0.25, 0.3) is 0 Å². The van der Waals surface area contributed by atoms with Crippen LogP contribution in [-0.4, -0.2) is 49.2 Å². The first kappa shape index (κ1) is 15.7. The van der Waals surface area contributed by atoms with Crippen molar-refractivity contribution in [2.24, 2.45) is 0 Å². The third-order valence-corrected chi connectivity index (χ3v) is 3.67. The molecule has 0 aromatic heterocycles. The maximum absolute atomic E-state index is 11.1. The molecule has 1 aliphatic rings. The first-order valence-corrected chi connectivity index (χ1v) is 7.54. The molecule has 21 heavy (non-hydrogen) atoms. The summed E-state index contributed by atoms with van der Waals surface area (Å²) in [6.07, 6.45) is 1.88. The molecule has 1 saturated heterocycles. The smallest absolute Gasteiger partial charge is 0.311 e. The van der Waals surface area contributed by atoms with Crippen LogP contribution in [0.3, 0.4) is 0 Å². The van der Waals surface area contributed by atoms with Gasteiger partial charge in [0, 0.05) is 32.2 Å². The number of nitrogens with zero attached hydrogens (tertiary/aromatic N) is 2. The first-order chi connectivity index (χ1) is 10.2. The van der Waals surface area contributed by atoms with Gasteiger partial charge in [-0.15, -0.1) is 0 Å². The molecule has 1 aliphatic heterocycles. The standard InChI is InChI=1S/C15H23N3O3/c1-2-21-15-6-5-13(12-14(15)18(19)20)4-3-9-17-10-7-16-8-11-17/h5-6,12,16H,2-4,7-11H2,1H3. The second-order valence-corrected chi connectivity index (χ2v) is 5.19. The van der Waals surface area contributed by atoms with Gasteiger partial charge < -0.3 is 15.0 Å². The molecule has 0 unspecified atom stereocenters. The fraction of sp³-hybridized carbons (Fsp3) is 0.600. The summed E-state index contributed by atoms with van der Waals surface area (Å²) in [4.78, 5) is 13.1. The van der Waals surface area contributed by atoms with Crippen LogP contribution < -0.4 is 10.1 Å². The van der Waals surface area contributed by atoms with Gasteiger partial charge >= 0.3 is 5.69 Å². The number of aryl methyl sites for hydroxylation is 1. The molecule has 1 N–H and O–H groups in total. The molecule has 0 saturated carbocycles. The summed E-state index contributed by atoms with van der Waals surface area (Å²) >= 11 is 0. The van der Waals surface area contributed by atoms with Crippen molar-refractivity contribution in [1.82, 2.24) is 10.2 Å². The highest BCUT2D eigenvalue weighted by Gasteiger charge is 2.16. The third kappa shape index (κ3) is 4.68. The highest BCUT2D eigenvalue weighted by Crippen LogP contribution is 2.28. The van der Waals surface area contributed by atoms with Crippen LogP contribution in [0, 0.1) is 10.1 Å². The average molecular weight is 293 g/mol. The molecule has 0 spiro atoms. The number of nitro benzene ring substituents is 1. The molecule has 6 nitrogen and oxygen atoms in total. The monoisotopic (exact) mass is 293 g/mol. The van der Waals surface area contributed by atoms with Gasteiger partial charge in [0.15, 0.2) is 5.75 Å². The molecule has 116 valence electrons. The van der Waals surface area contributed by atoms with Crippen LogP contribution in [0.4, 0.5) is 5.69 Å². The zero-order valence-electron chi connectivity index (χ0n) is 12.5. The minimum atomic E-state index is -0.370. The normalized spacial score (nSPS) is 15.9. The summed E-state index contributed by atoms with van der Waals surface area (Å²) in [5, 5.41) is 14.4. The lowest BCUT2D eigenvalue weighted by molar-refractivity contribution is -0.385. The zero-order chi connectivity index (χ0) is 15.1. The van der Waals surface area contributed by atoms with Crippen molar-refractivity contribution in [3.63, 3.8) is 0 Å². The number of piperazine rings is 1. The molecule has 1 fully saturated rings. The Morgan fingerprint density at radius 2 is 2.14 bits per heavy atom. The maximum Gasteiger partial charge on any atom is 0.311 e. The van der Waals surface area contributed by atoms with Crippen LogP contribution in [-0.2, 0) is 6.42 Å². The van der Waals surface area contributed by atoms with Gasteiger partial charge in [0.1, 0.15) is 0 Å².